The molecule has 5 heteroatoms. The van der Waals surface area contributed by atoms with Crippen molar-refractivity contribution in [2.45, 2.75) is 25.7 Å². The van der Waals surface area contributed by atoms with Crippen LogP contribution in [0, 0.1) is 13.8 Å². The largest absolute Gasteiger partial charge is 0.295 e. The van der Waals surface area contributed by atoms with E-state index in [1.165, 1.54) is 31.2 Å². The molecule has 4 nitrogen and oxygen atoms in total. The van der Waals surface area contributed by atoms with Crippen LogP contribution in [-0.4, -0.2) is 14.2 Å². The fourth-order valence-electron chi connectivity index (χ4n) is 2.04. The molecule has 1 N–H and O–H groups in total. The van der Waals surface area contributed by atoms with E-state index in [1.54, 1.807) is 0 Å². The van der Waals surface area contributed by atoms with Crippen molar-refractivity contribution in [3.8, 4) is 0 Å². The Kier molecular flexibility index (Phi) is 4.14. The van der Waals surface area contributed by atoms with Gasteiger partial charge in [0.15, 0.2) is 5.78 Å². The molecular formula is C16H17NO3S. The molecule has 0 atom stereocenters. The number of carbonyl (C=O) groups excluding carboxylic acids is 1. The fourth-order valence-corrected chi connectivity index (χ4v) is 3.24. The Bertz CT molecular complexity index is 757. The van der Waals surface area contributed by atoms with Gasteiger partial charge < -0.3 is 0 Å². The van der Waals surface area contributed by atoms with Crippen LogP contribution >= 0.6 is 0 Å². The van der Waals surface area contributed by atoms with Gasteiger partial charge in [0.1, 0.15) is 0 Å². The summed E-state index contributed by atoms with van der Waals surface area (Å²) in [6.45, 7) is 5.14. The second-order valence-corrected chi connectivity index (χ2v) is 6.64. The number of benzene rings is 2. The van der Waals surface area contributed by atoms with Gasteiger partial charge in [-0.25, -0.2) is 8.42 Å². The molecule has 2 aromatic carbocycles. The van der Waals surface area contributed by atoms with Crippen LogP contribution in [0.3, 0.4) is 0 Å². The summed E-state index contributed by atoms with van der Waals surface area (Å²) in [5, 5.41) is 0. The summed E-state index contributed by atoms with van der Waals surface area (Å²) in [5.41, 5.74) is 2.80. The third-order valence-corrected chi connectivity index (χ3v) is 4.65. The average Bonchev–Trinajstić information content (AvgIpc) is 2.43. The highest BCUT2D eigenvalue weighted by Gasteiger charge is 2.16. The van der Waals surface area contributed by atoms with Gasteiger partial charge >= 0.3 is 0 Å². The van der Waals surface area contributed by atoms with Gasteiger partial charge in [0.25, 0.3) is 10.0 Å². The van der Waals surface area contributed by atoms with Gasteiger partial charge in [-0.15, -0.1) is 0 Å². The predicted molar refractivity (Wildman–Crippen MR) is 83.2 cm³/mol. The van der Waals surface area contributed by atoms with Crippen molar-refractivity contribution in [1.82, 2.24) is 0 Å². The average molecular weight is 303 g/mol. The first-order valence-corrected chi connectivity index (χ1v) is 7.99. The molecule has 2 rings (SSSR count). The molecule has 0 aliphatic rings. The van der Waals surface area contributed by atoms with Crippen LogP contribution in [-0.2, 0) is 10.0 Å². The first-order chi connectivity index (χ1) is 9.81. The maximum Gasteiger partial charge on any atom is 0.261 e. The number of anilines is 1. The zero-order chi connectivity index (χ0) is 15.6. The highest BCUT2D eigenvalue weighted by Crippen LogP contribution is 2.23. The number of carbonyl (C=O) groups is 1. The van der Waals surface area contributed by atoms with Gasteiger partial charge in [0, 0.05) is 5.56 Å². The van der Waals surface area contributed by atoms with E-state index in [4.69, 9.17) is 0 Å². The summed E-state index contributed by atoms with van der Waals surface area (Å²) in [4.78, 5) is 11.4. The van der Waals surface area contributed by atoms with Gasteiger partial charge in [0.2, 0.25) is 0 Å². The lowest BCUT2D eigenvalue weighted by Crippen LogP contribution is -2.14. The molecule has 0 fully saturated rings. The summed E-state index contributed by atoms with van der Waals surface area (Å²) >= 11 is 0. The van der Waals surface area contributed by atoms with Gasteiger partial charge in [-0.3, -0.25) is 9.52 Å². The maximum atomic E-state index is 12.4. The molecular weight excluding hydrogens is 286 g/mol. The third-order valence-electron chi connectivity index (χ3n) is 3.29. The minimum atomic E-state index is -3.66. The second-order valence-electron chi connectivity index (χ2n) is 4.95. The zero-order valence-electron chi connectivity index (χ0n) is 12.2. The van der Waals surface area contributed by atoms with E-state index in [-0.39, 0.29) is 10.7 Å². The van der Waals surface area contributed by atoms with E-state index in [0.29, 0.717) is 11.3 Å². The van der Waals surface area contributed by atoms with Crippen molar-refractivity contribution in [2.75, 3.05) is 4.72 Å². The summed E-state index contributed by atoms with van der Waals surface area (Å²) in [6.07, 6.45) is 0. The Morgan fingerprint density at radius 3 is 1.95 bits per heavy atom. The van der Waals surface area contributed by atoms with Crippen LogP contribution in [0.5, 0.6) is 0 Å². The third kappa shape index (κ3) is 3.31. The van der Waals surface area contributed by atoms with Gasteiger partial charge in [-0.05, 0) is 44.0 Å². The van der Waals surface area contributed by atoms with Crippen molar-refractivity contribution >= 4 is 21.5 Å². The van der Waals surface area contributed by atoms with Crippen molar-refractivity contribution in [2.24, 2.45) is 0 Å². The maximum absolute atomic E-state index is 12.4. The lowest BCUT2D eigenvalue weighted by Gasteiger charge is -2.13. The van der Waals surface area contributed by atoms with Crippen LogP contribution in [0.2, 0.25) is 0 Å². The number of ketones is 1. The fraction of sp³-hybridized carbons (Fsp3) is 0.188. The van der Waals surface area contributed by atoms with E-state index in [2.05, 4.69) is 4.72 Å². The number of sulfonamides is 1. The number of hydrogen-bond donors (Lipinski definition) is 1. The van der Waals surface area contributed by atoms with Gasteiger partial charge in [-0.1, -0.05) is 30.3 Å². The molecule has 0 aromatic heterocycles. The smallest absolute Gasteiger partial charge is 0.261 e. The van der Waals surface area contributed by atoms with E-state index in [0.717, 1.165) is 11.1 Å². The standard InChI is InChI=1S/C16H17NO3S/c1-11-5-4-6-12(2)16(11)17-21(19,20)15-9-7-14(8-10-15)13(3)18/h4-10,17H,1-3H3. The van der Waals surface area contributed by atoms with Crippen molar-refractivity contribution in [3.05, 3.63) is 59.2 Å². The quantitative estimate of drug-likeness (QED) is 0.881. The molecule has 2 aromatic rings. The van der Waals surface area contributed by atoms with E-state index in [9.17, 15) is 13.2 Å². The van der Waals surface area contributed by atoms with Gasteiger partial charge in [-0.2, -0.15) is 0 Å². The molecule has 0 aliphatic carbocycles. The molecule has 0 heterocycles. The molecule has 0 saturated carbocycles. The highest BCUT2D eigenvalue weighted by atomic mass is 32.2. The van der Waals surface area contributed by atoms with Crippen LogP contribution in [0.4, 0.5) is 5.69 Å². The molecule has 0 unspecified atom stereocenters. The summed E-state index contributed by atoms with van der Waals surface area (Å²) in [5.74, 6) is -0.0957. The van der Waals surface area contributed by atoms with Gasteiger partial charge in [0.05, 0.1) is 10.6 Å². The van der Waals surface area contributed by atoms with Crippen LogP contribution in [0.15, 0.2) is 47.4 Å². The predicted octanol–water partition coefficient (Wildman–Crippen LogP) is 3.31. The normalized spacial score (nSPS) is 11.2. The molecule has 0 bridgehead atoms. The molecule has 0 radical (unpaired) electrons. The Balaban J connectivity index is 2.36. The minimum absolute atomic E-state index is 0.0957. The van der Waals surface area contributed by atoms with Crippen LogP contribution in [0.1, 0.15) is 28.4 Å². The number of hydrogen-bond acceptors (Lipinski definition) is 3. The number of Topliss-reactive ketones (excluding diaryl/α,β-unsaturated/α-hetero) is 1. The Morgan fingerprint density at radius 2 is 1.48 bits per heavy atom. The molecule has 0 amide bonds. The Labute approximate surface area is 124 Å². The molecule has 0 saturated heterocycles. The molecule has 0 aliphatic heterocycles. The number of aryl methyl sites for hydroxylation is 2. The Hall–Kier alpha value is -2.14. The number of rotatable bonds is 4. The van der Waals surface area contributed by atoms with Crippen molar-refractivity contribution in [1.29, 1.82) is 0 Å². The first kappa shape index (κ1) is 15.3. The van der Waals surface area contributed by atoms with Crippen molar-refractivity contribution in [3.63, 3.8) is 0 Å². The number of nitrogens with one attached hydrogen (secondary N) is 1. The van der Waals surface area contributed by atoms with Crippen molar-refractivity contribution < 1.29 is 13.2 Å². The van der Waals surface area contributed by atoms with Crippen LogP contribution < -0.4 is 4.72 Å². The second kappa shape index (κ2) is 5.69. The minimum Gasteiger partial charge on any atom is -0.295 e. The Morgan fingerprint density at radius 1 is 0.952 bits per heavy atom. The van der Waals surface area contributed by atoms with E-state index < -0.39 is 10.0 Å². The summed E-state index contributed by atoms with van der Waals surface area (Å²) < 4.78 is 27.4. The van der Waals surface area contributed by atoms with E-state index >= 15 is 0 Å². The molecule has 21 heavy (non-hydrogen) atoms. The monoisotopic (exact) mass is 303 g/mol. The van der Waals surface area contributed by atoms with E-state index in [1.807, 2.05) is 32.0 Å². The van der Waals surface area contributed by atoms with Crippen LogP contribution in [0.25, 0.3) is 0 Å². The molecule has 0 spiro atoms. The highest BCUT2D eigenvalue weighted by molar-refractivity contribution is 7.92. The first-order valence-electron chi connectivity index (χ1n) is 6.51. The summed E-state index contributed by atoms with van der Waals surface area (Å²) in [6, 6.07) is 11.5. The lowest BCUT2D eigenvalue weighted by molar-refractivity contribution is 0.101. The number of para-hydroxylation sites is 1. The SMILES string of the molecule is CC(=O)c1ccc(S(=O)(=O)Nc2c(C)cccc2C)cc1. The topological polar surface area (TPSA) is 63.2 Å². The zero-order valence-corrected chi connectivity index (χ0v) is 13.0. The lowest BCUT2D eigenvalue weighted by atomic mass is 10.1. The molecule has 110 valence electrons. The summed E-state index contributed by atoms with van der Waals surface area (Å²) in [7, 11) is -3.66.